The first-order valence-corrected chi connectivity index (χ1v) is 3.32. The third-order valence-electron chi connectivity index (χ3n) is 1.10. The van der Waals surface area contributed by atoms with E-state index in [-0.39, 0.29) is 24.2 Å². The number of nitrogens with zero attached hydrogens (tertiary/aromatic N) is 1. The number of carbonyl (C=O) groups is 1. The molecule has 0 atom stereocenters. The van der Waals surface area contributed by atoms with Crippen molar-refractivity contribution in [1.82, 2.24) is 5.32 Å². The minimum absolute atomic E-state index is 0.000926. The lowest BCUT2D eigenvalue weighted by Crippen LogP contribution is -2.35. The normalized spacial score (nSPS) is 11.7. The summed E-state index contributed by atoms with van der Waals surface area (Å²) in [5, 5.41) is 13.3. The zero-order chi connectivity index (χ0) is 8.85. The number of nitrogens with one attached hydrogen (secondary N) is 1. The van der Waals surface area contributed by atoms with Gasteiger partial charge in [0.25, 0.3) is 0 Å². The van der Waals surface area contributed by atoms with Gasteiger partial charge in [0.1, 0.15) is 0 Å². The molecular weight excluding hydrogens is 146 g/mol. The Morgan fingerprint density at radius 1 is 1.73 bits per heavy atom. The summed E-state index contributed by atoms with van der Waals surface area (Å²) in [5.41, 5.74) is 5.11. The average Bonchev–Trinajstić information content (AvgIpc) is 1.99. The van der Waals surface area contributed by atoms with Gasteiger partial charge in [0.15, 0.2) is 5.84 Å². The van der Waals surface area contributed by atoms with Gasteiger partial charge in [-0.1, -0.05) is 19.0 Å². The third kappa shape index (κ3) is 4.19. The highest BCUT2D eigenvalue weighted by Gasteiger charge is 2.05. The summed E-state index contributed by atoms with van der Waals surface area (Å²) >= 11 is 0. The fourth-order valence-corrected chi connectivity index (χ4v) is 0.417. The Hall–Kier alpha value is -1.26. The van der Waals surface area contributed by atoms with Gasteiger partial charge in [-0.2, -0.15) is 0 Å². The van der Waals surface area contributed by atoms with E-state index in [1.807, 2.05) is 0 Å². The van der Waals surface area contributed by atoms with Crippen molar-refractivity contribution in [3.8, 4) is 0 Å². The molecule has 11 heavy (non-hydrogen) atoms. The highest BCUT2D eigenvalue weighted by molar-refractivity contribution is 5.87. The Labute approximate surface area is 65.3 Å². The number of amides is 1. The van der Waals surface area contributed by atoms with Gasteiger partial charge >= 0.3 is 0 Å². The summed E-state index contributed by atoms with van der Waals surface area (Å²) in [6, 6.07) is 0. The predicted octanol–water partition coefficient (Wildman–Crippen LogP) is -0.495. The van der Waals surface area contributed by atoms with E-state index in [1.54, 1.807) is 13.8 Å². The minimum Gasteiger partial charge on any atom is -0.409 e. The third-order valence-corrected chi connectivity index (χ3v) is 1.10. The molecule has 0 heterocycles. The molecule has 0 fully saturated rings. The van der Waals surface area contributed by atoms with Gasteiger partial charge < -0.3 is 16.3 Å². The summed E-state index contributed by atoms with van der Waals surface area (Å²) in [5.74, 6) is -0.197. The Bertz CT molecular complexity index is 165. The molecule has 0 aliphatic carbocycles. The lowest BCUT2D eigenvalue weighted by molar-refractivity contribution is -0.123. The Morgan fingerprint density at radius 3 is 2.64 bits per heavy atom. The van der Waals surface area contributed by atoms with Crippen LogP contribution in [0.4, 0.5) is 0 Å². The largest absolute Gasteiger partial charge is 0.409 e. The maximum atomic E-state index is 10.9. The standard InChI is InChI=1S/C6H13N3O2/c1-4(2)6(10)8-3-5(7)9-11/h4,11H,3H2,1-2H3,(H2,7,9)(H,8,10). The lowest BCUT2D eigenvalue weighted by Gasteiger charge is -2.05. The molecule has 0 saturated heterocycles. The van der Waals surface area contributed by atoms with Crippen LogP contribution in [0.3, 0.4) is 0 Å². The van der Waals surface area contributed by atoms with E-state index in [4.69, 9.17) is 10.9 Å². The Kier molecular flexibility index (Phi) is 4.02. The maximum absolute atomic E-state index is 10.9. The van der Waals surface area contributed by atoms with Crippen molar-refractivity contribution < 1.29 is 10.0 Å². The predicted molar refractivity (Wildman–Crippen MR) is 41.3 cm³/mol. The molecule has 0 aromatic heterocycles. The second-order valence-electron chi connectivity index (χ2n) is 2.46. The smallest absolute Gasteiger partial charge is 0.222 e. The van der Waals surface area contributed by atoms with Crippen molar-refractivity contribution in [2.24, 2.45) is 16.8 Å². The van der Waals surface area contributed by atoms with Crippen LogP contribution < -0.4 is 11.1 Å². The summed E-state index contributed by atoms with van der Waals surface area (Å²) < 4.78 is 0. The van der Waals surface area contributed by atoms with Gasteiger partial charge in [0, 0.05) is 5.92 Å². The highest BCUT2D eigenvalue weighted by Crippen LogP contribution is 1.88. The molecule has 0 unspecified atom stereocenters. The topological polar surface area (TPSA) is 87.7 Å². The number of oxime groups is 1. The van der Waals surface area contributed by atoms with Crippen LogP contribution in [0.15, 0.2) is 5.16 Å². The molecule has 1 amide bonds. The van der Waals surface area contributed by atoms with Crippen molar-refractivity contribution in [2.75, 3.05) is 6.54 Å². The van der Waals surface area contributed by atoms with Crippen molar-refractivity contribution in [3.63, 3.8) is 0 Å². The van der Waals surface area contributed by atoms with Gasteiger partial charge in [-0.15, -0.1) is 0 Å². The quantitative estimate of drug-likeness (QED) is 0.224. The molecule has 0 aliphatic rings. The zero-order valence-corrected chi connectivity index (χ0v) is 6.66. The van der Waals surface area contributed by atoms with Crippen molar-refractivity contribution >= 4 is 11.7 Å². The van der Waals surface area contributed by atoms with Crippen LogP contribution in [0.1, 0.15) is 13.8 Å². The zero-order valence-electron chi connectivity index (χ0n) is 6.66. The van der Waals surface area contributed by atoms with Gasteiger partial charge in [0.2, 0.25) is 5.91 Å². The summed E-state index contributed by atoms with van der Waals surface area (Å²) in [6.07, 6.45) is 0. The van der Waals surface area contributed by atoms with E-state index in [0.717, 1.165) is 0 Å². The summed E-state index contributed by atoms with van der Waals surface area (Å²) in [6.45, 7) is 3.62. The molecule has 0 aromatic carbocycles. The molecule has 4 N–H and O–H groups in total. The van der Waals surface area contributed by atoms with Gasteiger partial charge in [0.05, 0.1) is 6.54 Å². The van der Waals surface area contributed by atoms with E-state index in [2.05, 4.69) is 10.5 Å². The maximum Gasteiger partial charge on any atom is 0.222 e. The molecule has 0 bridgehead atoms. The van der Waals surface area contributed by atoms with Crippen LogP contribution in [0.25, 0.3) is 0 Å². The molecular formula is C6H13N3O2. The molecule has 0 radical (unpaired) electrons. The van der Waals surface area contributed by atoms with Crippen LogP contribution in [0.2, 0.25) is 0 Å². The lowest BCUT2D eigenvalue weighted by atomic mass is 10.2. The fraction of sp³-hybridized carbons (Fsp3) is 0.667. The number of nitrogens with two attached hydrogens (primary N) is 1. The molecule has 0 aliphatic heterocycles. The van der Waals surface area contributed by atoms with Crippen LogP contribution in [-0.4, -0.2) is 23.5 Å². The first kappa shape index (κ1) is 9.74. The number of carbonyl (C=O) groups excluding carboxylic acids is 1. The Morgan fingerprint density at radius 2 is 2.27 bits per heavy atom. The molecule has 5 nitrogen and oxygen atoms in total. The monoisotopic (exact) mass is 159 g/mol. The van der Waals surface area contributed by atoms with E-state index in [0.29, 0.717) is 0 Å². The molecule has 0 rings (SSSR count). The van der Waals surface area contributed by atoms with Crippen LogP contribution >= 0.6 is 0 Å². The second kappa shape index (κ2) is 4.54. The SMILES string of the molecule is CC(C)C(=O)NC/C(N)=N/O. The van der Waals surface area contributed by atoms with Gasteiger partial charge in [-0.25, -0.2) is 0 Å². The molecule has 0 spiro atoms. The number of hydrogen-bond donors (Lipinski definition) is 3. The second-order valence-corrected chi connectivity index (χ2v) is 2.46. The molecule has 64 valence electrons. The molecule has 0 aromatic rings. The minimum atomic E-state index is -0.114. The van der Waals surface area contributed by atoms with Crippen molar-refractivity contribution in [3.05, 3.63) is 0 Å². The van der Waals surface area contributed by atoms with E-state index in [1.165, 1.54) is 0 Å². The van der Waals surface area contributed by atoms with Crippen molar-refractivity contribution in [2.45, 2.75) is 13.8 Å². The van der Waals surface area contributed by atoms with Crippen LogP contribution in [-0.2, 0) is 4.79 Å². The van der Waals surface area contributed by atoms with E-state index < -0.39 is 0 Å². The first-order valence-electron chi connectivity index (χ1n) is 3.32. The summed E-state index contributed by atoms with van der Waals surface area (Å²) in [4.78, 5) is 10.9. The van der Waals surface area contributed by atoms with E-state index >= 15 is 0 Å². The van der Waals surface area contributed by atoms with Crippen molar-refractivity contribution in [1.29, 1.82) is 0 Å². The van der Waals surface area contributed by atoms with Gasteiger partial charge in [-0.3, -0.25) is 4.79 Å². The number of rotatable bonds is 3. The Balaban J connectivity index is 3.63. The fourth-order valence-electron chi connectivity index (χ4n) is 0.417. The number of amidine groups is 1. The summed E-state index contributed by atoms with van der Waals surface area (Å²) in [7, 11) is 0. The van der Waals surface area contributed by atoms with Crippen LogP contribution in [0.5, 0.6) is 0 Å². The first-order chi connectivity index (χ1) is 5.07. The van der Waals surface area contributed by atoms with Gasteiger partial charge in [-0.05, 0) is 0 Å². The van der Waals surface area contributed by atoms with Crippen LogP contribution in [0, 0.1) is 5.92 Å². The molecule has 0 saturated carbocycles. The average molecular weight is 159 g/mol. The number of hydrogen-bond acceptors (Lipinski definition) is 3. The highest BCUT2D eigenvalue weighted by atomic mass is 16.4. The molecule has 5 heteroatoms. The van der Waals surface area contributed by atoms with E-state index in [9.17, 15) is 4.79 Å².